The van der Waals surface area contributed by atoms with Crippen molar-refractivity contribution in [3.05, 3.63) is 58.7 Å². The third-order valence-electron chi connectivity index (χ3n) is 4.69. The number of amides is 1. The summed E-state index contributed by atoms with van der Waals surface area (Å²) in [6.45, 7) is 1.75. The lowest BCUT2D eigenvalue weighted by Crippen LogP contribution is -2.27. The van der Waals surface area contributed by atoms with Gasteiger partial charge < -0.3 is 9.84 Å². The Morgan fingerprint density at radius 3 is 2.93 bits per heavy atom. The first-order valence-corrected chi connectivity index (χ1v) is 10.0. The summed E-state index contributed by atoms with van der Waals surface area (Å²) in [6.07, 6.45) is 1.68. The molecular weight excluding hydrogens is 392 g/mol. The smallest absolute Gasteiger partial charge is 0.265 e. The van der Waals surface area contributed by atoms with Crippen molar-refractivity contribution in [3.8, 4) is 5.69 Å². The van der Waals surface area contributed by atoms with Crippen molar-refractivity contribution in [2.24, 2.45) is 0 Å². The zero-order valence-electron chi connectivity index (χ0n) is 15.4. The fourth-order valence-corrected chi connectivity index (χ4v) is 4.50. The van der Waals surface area contributed by atoms with E-state index in [1.807, 2.05) is 30.3 Å². The topological polar surface area (TPSA) is 108 Å². The van der Waals surface area contributed by atoms with Gasteiger partial charge in [-0.2, -0.15) is 5.10 Å². The number of carbonyl (C=O) groups excluding carboxylic acids is 1. The molecule has 29 heavy (non-hydrogen) atoms. The van der Waals surface area contributed by atoms with Crippen LogP contribution in [0.4, 0.5) is 5.82 Å². The van der Waals surface area contributed by atoms with Crippen molar-refractivity contribution in [2.75, 3.05) is 11.1 Å². The zero-order chi connectivity index (χ0) is 20.0. The maximum atomic E-state index is 13.1. The van der Waals surface area contributed by atoms with E-state index in [1.54, 1.807) is 22.2 Å². The summed E-state index contributed by atoms with van der Waals surface area (Å²) in [5, 5.41) is 11.8. The molecule has 9 nitrogen and oxygen atoms in total. The molecule has 4 heterocycles. The molecule has 5 rings (SSSR count). The van der Waals surface area contributed by atoms with E-state index in [1.165, 1.54) is 18.0 Å². The lowest BCUT2D eigenvalue weighted by atomic mass is 10.2. The predicted octanol–water partition coefficient (Wildman–Crippen LogP) is 2.55. The van der Waals surface area contributed by atoms with E-state index in [-0.39, 0.29) is 23.9 Å². The second-order valence-electron chi connectivity index (χ2n) is 6.74. The van der Waals surface area contributed by atoms with Gasteiger partial charge in [-0.25, -0.2) is 9.67 Å². The Morgan fingerprint density at radius 1 is 1.34 bits per heavy atom. The van der Waals surface area contributed by atoms with E-state index < -0.39 is 0 Å². The van der Waals surface area contributed by atoms with Gasteiger partial charge >= 0.3 is 0 Å². The number of benzene rings is 1. The molecule has 4 aromatic rings. The minimum Gasteiger partial charge on any atom is -0.360 e. The van der Waals surface area contributed by atoms with E-state index in [2.05, 4.69) is 20.6 Å². The molecule has 0 spiro atoms. The van der Waals surface area contributed by atoms with Crippen molar-refractivity contribution in [1.29, 1.82) is 0 Å². The van der Waals surface area contributed by atoms with Crippen LogP contribution in [0, 0.1) is 6.92 Å². The van der Waals surface area contributed by atoms with Gasteiger partial charge in [-0.15, -0.1) is 0 Å². The van der Waals surface area contributed by atoms with Crippen LogP contribution in [-0.4, -0.2) is 36.1 Å². The Kier molecular flexibility index (Phi) is 4.20. The number of thioether (sulfide) groups is 1. The molecule has 1 aliphatic heterocycles. The van der Waals surface area contributed by atoms with E-state index in [0.29, 0.717) is 33.5 Å². The average molecular weight is 408 g/mol. The van der Waals surface area contributed by atoms with Crippen LogP contribution < -0.4 is 10.9 Å². The molecule has 0 aliphatic carbocycles. The minimum atomic E-state index is -0.285. The number of hydrogen-bond donors (Lipinski definition) is 1. The number of fused-ring (bicyclic) bond motifs is 2. The lowest BCUT2D eigenvalue weighted by Gasteiger charge is -2.12. The maximum absolute atomic E-state index is 13.1. The van der Waals surface area contributed by atoms with Crippen LogP contribution >= 0.6 is 11.8 Å². The van der Waals surface area contributed by atoms with Gasteiger partial charge in [0.05, 0.1) is 17.9 Å². The number of rotatable bonds is 4. The van der Waals surface area contributed by atoms with Crippen molar-refractivity contribution in [2.45, 2.75) is 24.5 Å². The number of aromatic nitrogens is 5. The number of carbonyl (C=O) groups is 1. The number of para-hydroxylation sites is 1. The van der Waals surface area contributed by atoms with Crippen molar-refractivity contribution < 1.29 is 9.32 Å². The number of aryl methyl sites for hydroxylation is 1. The largest absolute Gasteiger partial charge is 0.360 e. The highest BCUT2D eigenvalue weighted by molar-refractivity contribution is 7.99. The van der Waals surface area contributed by atoms with E-state index in [9.17, 15) is 9.59 Å². The highest BCUT2D eigenvalue weighted by atomic mass is 32.2. The van der Waals surface area contributed by atoms with Crippen LogP contribution in [0.1, 0.15) is 18.2 Å². The summed E-state index contributed by atoms with van der Waals surface area (Å²) in [4.78, 5) is 30.2. The Labute approximate surface area is 168 Å². The lowest BCUT2D eigenvalue weighted by molar-refractivity contribution is -0.116. The van der Waals surface area contributed by atoms with Gasteiger partial charge in [0.15, 0.2) is 16.6 Å². The third-order valence-corrected chi connectivity index (χ3v) is 5.79. The maximum Gasteiger partial charge on any atom is 0.265 e. The Morgan fingerprint density at radius 2 is 2.17 bits per heavy atom. The average Bonchev–Trinajstić information content (AvgIpc) is 3.42. The number of hydrogen-bond acceptors (Lipinski definition) is 7. The highest BCUT2D eigenvalue weighted by Crippen LogP contribution is 2.33. The van der Waals surface area contributed by atoms with Crippen LogP contribution in [0.3, 0.4) is 0 Å². The molecular formula is C19H16N6O3S. The van der Waals surface area contributed by atoms with E-state index >= 15 is 0 Å². The molecule has 3 aromatic heterocycles. The van der Waals surface area contributed by atoms with Gasteiger partial charge in [-0.05, 0) is 19.1 Å². The van der Waals surface area contributed by atoms with Crippen molar-refractivity contribution in [1.82, 2.24) is 24.5 Å². The van der Waals surface area contributed by atoms with Crippen LogP contribution in [0.5, 0.6) is 0 Å². The monoisotopic (exact) mass is 408 g/mol. The molecule has 1 atom stereocenters. The molecule has 1 aliphatic rings. The summed E-state index contributed by atoms with van der Waals surface area (Å²) < 4.78 is 8.21. The molecule has 0 fully saturated rings. The van der Waals surface area contributed by atoms with Crippen molar-refractivity contribution >= 4 is 34.5 Å². The second kappa shape index (κ2) is 6.89. The fourth-order valence-electron chi connectivity index (χ4n) is 3.37. The van der Waals surface area contributed by atoms with Gasteiger partial charge in [0.1, 0.15) is 11.1 Å². The molecule has 0 radical (unpaired) electrons. The standard InChI is InChI=1S/C19H16N6O3S/c1-11-7-15(23-28-11)21-16(26)8-13-10-29-19-22-17-14(18(27)24(13)19)9-20-25(17)12-5-3-2-4-6-12/h2-7,9,13H,8,10H2,1H3,(H,21,23,26)/t13-/m0/s1. The van der Waals surface area contributed by atoms with Crippen LogP contribution in [-0.2, 0) is 4.79 Å². The number of nitrogens with zero attached hydrogens (tertiary/aromatic N) is 5. The first-order chi connectivity index (χ1) is 14.1. The van der Waals surface area contributed by atoms with Crippen molar-refractivity contribution in [3.63, 3.8) is 0 Å². The van der Waals surface area contributed by atoms with Gasteiger partial charge in [-0.3, -0.25) is 14.2 Å². The Bertz CT molecular complexity index is 1280. The summed E-state index contributed by atoms with van der Waals surface area (Å²) in [5.41, 5.74) is 1.16. The summed E-state index contributed by atoms with van der Waals surface area (Å²) in [7, 11) is 0. The molecule has 10 heteroatoms. The second-order valence-corrected chi connectivity index (χ2v) is 7.73. The highest BCUT2D eigenvalue weighted by Gasteiger charge is 2.29. The van der Waals surface area contributed by atoms with Gasteiger partial charge in [0.2, 0.25) is 5.91 Å². The first kappa shape index (κ1) is 17.7. The normalized spacial score (nSPS) is 15.6. The molecule has 146 valence electrons. The van der Waals surface area contributed by atoms with Gasteiger partial charge in [0, 0.05) is 18.2 Å². The molecule has 1 amide bonds. The molecule has 0 unspecified atom stereocenters. The van der Waals surface area contributed by atoms with Crippen LogP contribution in [0.15, 0.2) is 57.1 Å². The van der Waals surface area contributed by atoms with Gasteiger partial charge in [0.25, 0.3) is 5.56 Å². The van der Waals surface area contributed by atoms with E-state index in [0.717, 1.165) is 5.69 Å². The summed E-state index contributed by atoms with van der Waals surface area (Å²) >= 11 is 1.46. The van der Waals surface area contributed by atoms with Crippen LogP contribution in [0.2, 0.25) is 0 Å². The zero-order valence-corrected chi connectivity index (χ0v) is 16.2. The number of anilines is 1. The molecule has 1 N–H and O–H groups in total. The quantitative estimate of drug-likeness (QED) is 0.517. The predicted molar refractivity (Wildman–Crippen MR) is 107 cm³/mol. The minimum absolute atomic E-state index is 0.145. The fraction of sp³-hybridized carbons (Fsp3) is 0.211. The summed E-state index contributed by atoms with van der Waals surface area (Å²) in [5.74, 6) is 1.34. The molecule has 0 bridgehead atoms. The molecule has 1 aromatic carbocycles. The number of nitrogens with one attached hydrogen (secondary N) is 1. The van der Waals surface area contributed by atoms with E-state index in [4.69, 9.17) is 4.52 Å². The Balaban J connectivity index is 1.46. The van der Waals surface area contributed by atoms with Gasteiger partial charge in [-0.1, -0.05) is 35.1 Å². The van der Waals surface area contributed by atoms with Crippen LogP contribution in [0.25, 0.3) is 16.7 Å². The first-order valence-electron chi connectivity index (χ1n) is 9.02. The molecule has 0 saturated carbocycles. The summed E-state index contributed by atoms with van der Waals surface area (Å²) in [6, 6.07) is 10.9. The third kappa shape index (κ3) is 3.11. The Hall–Kier alpha value is -3.40. The SMILES string of the molecule is Cc1cc(NC(=O)C[C@H]2CSc3nc4c(cnn4-c4ccccc4)c(=O)n32)no1. The molecule has 0 saturated heterocycles.